The smallest absolute Gasteiger partial charge is 0.337 e. The third kappa shape index (κ3) is 7.80. The van der Waals surface area contributed by atoms with Gasteiger partial charge in [0.25, 0.3) is 0 Å². The van der Waals surface area contributed by atoms with Crippen LogP contribution < -0.4 is 0 Å². The number of sulfonamides is 1. The van der Waals surface area contributed by atoms with Gasteiger partial charge in [-0.25, -0.2) is 26.0 Å². The summed E-state index contributed by atoms with van der Waals surface area (Å²) in [6, 6.07) is 11.6. The van der Waals surface area contributed by atoms with Crippen molar-refractivity contribution in [1.82, 2.24) is 13.5 Å². The van der Waals surface area contributed by atoms with Crippen LogP contribution in [-0.4, -0.2) is 82.4 Å². The maximum Gasteiger partial charge on any atom is 0.337 e. The average Bonchev–Trinajstić information content (AvgIpc) is 2.82. The average molecular weight is 528 g/mol. The SMILES string of the molecule is COC(=O)c1ccc(CN(CCc2cccc(CN3CCN(S(C)(=O)=O)CC3)c2)[SH](=O)=O)c(F)c1. The van der Waals surface area contributed by atoms with Gasteiger partial charge in [-0.2, -0.15) is 8.61 Å². The molecule has 12 heteroatoms. The van der Waals surface area contributed by atoms with E-state index < -0.39 is 32.7 Å². The second kappa shape index (κ2) is 12.0. The number of piperazine rings is 1. The summed E-state index contributed by atoms with van der Waals surface area (Å²) in [6.07, 6.45) is 1.66. The van der Waals surface area contributed by atoms with Crippen LogP contribution in [0, 0.1) is 5.82 Å². The second-order valence-electron chi connectivity index (χ2n) is 8.43. The van der Waals surface area contributed by atoms with Crippen LogP contribution in [0.2, 0.25) is 0 Å². The van der Waals surface area contributed by atoms with E-state index in [0.29, 0.717) is 39.1 Å². The normalized spacial score (nSPS) is 15.6. The number of hydrogen-bond donors (Lipinski definition) is 1. The summed E-state index contributed by atoms with van der Waals surface area (Å²) >= 11 is 0. The van der Waals surface area contributed by atoms with Crippen molar-refractivity contribution < 1.29 is 30.8 Å². The van der Waals surface area contributed by atoms with Crippen LogP contribution in [0.3, 0.4) is 0 Å². The van der Waals surface area contributed by atoms with E-state index >= 15 is 0 Å². The summed E-state index contributed by atoms with van der Waals surface area (Å²) in [5.74, 6) is -1.34. The summed E-state index contributed by atoms with van der Waals surface area (Å²) in [7, 11) is -4.92. The second-order valence-corrected chi connectivity index (χ2v) is 11.5. The molecule has 2 aromatic rings. The number of carbonyl (C=O) groups is 1. The van der Waals surface area contributed by atoms with E-state index in [9.17, 15) is 26.0 Å². The van der Waals surface area contributed by atoms with Crippen LogP contribution in [0.4, 0.5) is 4.39 Å². The number of nitrogens with zero attached hydrogens (tertiary/aromatic N) is 3. The van der Waals surface area contributed by atoms with Gasteiger partial charge in [-0.3, -0.25) is 4.90 Å². The fraction of sp³-hybridized carbons (Fsp3) is 0.435. The van der Waals surface area contributed by atoms with Gasteiger partial charge in [0, 0.05) is 51.4 Å². The van der Waals surface area contributed by atoms with E-state index in [2.05, 4.69) is 9.64 Å². The van der Waals surface area contributed by atoms with E-state index in [0.717, 1.165) is 17.2 Å². The molecule has 0 N–H and O–H groups in total. The number of thiol groups is 1. The van der Waals surface area contributed by atoms with Crippen molar-refractivity contribution in [2.24, 2.45) is 0 Å². The summed E-state index contributed by atoms with van der Waals surface area (Å²) in [5, 5.41) is 0. The number of esters is 1. The van der Waals surface area contributed by atoms with Gasteiger partial charge in [-0.15, -0.1) is 0 Å². The Morgan fingerprint density at radius 1 is 1.09 bits per heavy atom. The zero-order valence-electron chi connectivity index (χ0n) is 19.7. The molecule has 0 unspecified atom stereocenters. The van der Waals surface area contributed by atoms with Gasteiger partial charge in [-0.1, -0.05) is 30.3 Å². The molecule has 1 fully saturated rings. The van der Waals surface area contributed by atoms with Crippen LogP contribution in [0.15, 0.2) is 42.5 Å². The zero-order chi connectivity index (χ0) is 25.6. The van der Waals surface area contributed by atoms with Crippen molar-refractivity contribution in [1.29, 1.82) is 0 Å². The van der Waals surface area contributed by atoms with Crippen LogP contribution >= 0.6 is 0 Å². The lowest BCUT2D eigenvalue weighted by Crippen LogP contribution is -2.47. The third-order valence-corrected chi connectivity index (χ3v) is 8.02. The van der Waals surface area contributed by atoms with E-state index in [1.54, 1.807) is 0 Å². The minimum Gasteiger partial charge on any atom is -0.465 e. The Morgan fingerprint density at radius 3 is 2.37 bits per heavy atom. The fourth-order valence-electron chi connectivity index (χ4n) is 3.95. The molecule has 35 heavy (non-hydrogen) atoms. The van der Waals surface area contributed by atoms with E-state index in [-0.39, 0.29) is 24.2 Å². The van der Waals surface area contributed by atoms with Gasteiger partial charge in [0.05, 0.1) is 18.9 Å². The Kier molecular flexibility index (Phi) is 9.36. The number of benzene rings is 2. The van der Waals surface area contributed by atoms with Crippen molar-refractivity contribution in [2.75, 3.05) is 46.1 Å². The Hall–Kier alpha value is -2.38. The molecule has 0 bridgehead atoms. The first kappa shape index (κ1) is 27.2. The number of carbonyl (C=O) groups excluding carboxylic acids is 1. The Bertz CT molecular complexity index is 1220. The van der Waals surface area contributed by atoms with Crippen LogP contribution in [0.1, 0.15) is 27.0 Å². The molecule has 1 aliphatic rings. The summed E-state index contributed by atoms with van der Waals surface area (Å²) < 4.78 is 68.6. The molecule has 0 saturated carbocycles. The number of ether oxygens (including phenoxy) is 1. The summed E-state index contributed by atoms with van der Waals surface area (Å²) in [6.45, 7) is 2.90. The molecule has 192 valence electrons. The minimum absolute atomic E-state index is 0.0568. The van der Waals surface area contributed by atoms with Crippen molar-refractivity contribution in [2.45, 2.75) is 19.5 Å². The molecule has 1 heterocycles. The largest absolute Gasteiger partial charge is 0.465 e. The Balaban J connectivity index is 1.59. The Morgan fingerprint density at radius 2 is 1.77 bits per heavy atom. The monoisotopic (exact) mass is 527 g/mol. The van der Waals surface area contributed by atoms with Crippen molar-refractivity contribution >= 4 is 26.9 Å². The first-order valence-electron chi connectivity index (χ1n) is 11.1. The highest BCUT2D eigenvalue weighted by Gasteiger charge is 2.23. The number of methoxy groups -OCH3 is 1. The lowest BCUT2D eigenvalue weighted by molar-refractivity contribution is 0.0600. The summed E-state index contributed by atoms with van der Waals surface area (Å²) in [4.78, 5) is 13.7. The molecule has 0 aromatic heterocycles. The van der Waals surface area contributed by atoms with Crippen LogP contribution in [0.25, 0.3) is 0 Å². The Labute approximate surface area is 207 Å². The standard InChI is InChI=1S/C23H30FN3O6S2/c1-33-23(28)20-6-7-21(22(24)15-20)17-26(34(29)30)9-8-18-4-3-5-19(14-18)16-25-10-12-27(13-11-25)35(2,31)32/h3-7,14-15,34H,8-13,16-17H2,1-2H3. The molecule has 0 atom stereocenters. The van der Waals surface area contributed by atoms with Crippen molar-refractivity contribution in [3.8, 4) is 0 Å². The third-order valence-electron chi connectivity index (χ3n) is 5.91. The van der Waals surface area contributed by atoms with Crippen LogP contribution in [0.5, 0.6) is 0 Å². The number of hydrogen-bond acceptors (Lipinski definition) is 7. The van der Waals surface area contributed by atoms with Gasteiger partial charge in [0.15, 0.2) is 0 Å². The first-order valence-corrected chi connectivity index (χ1v) is 14.1. The van der Waals surface area contributed by atoms with Gasteiger partial charge in [-0.05, 0) is 29.7 Å². The fourth-order valence-corrected chi connectivity index (χ4v) is 5.31. The van der Waals surface area contributed by atoms with E-state index in [1.165, 1.54) is 34.1 Å². The number of rotatable bonds is 10. The van der Waals surface area contributed by atoms with Gasteiger partial charge >= 0.3 is 5.97 Å². The van der Waals surface area contributed by atoms with Crippen molar-refractivity contribution in [3.63, 3.8) is 0 Å². The molecule has 1 aliphatic heterocycles. The topological polar surface area (TPSA) is 104 Å². The molecule has 0 spiro atoms. The molecule has 3 rings (SSSR count). The first-order chi connectivity index (χ1) is 16.6. The highest BCUT2D eigenvalue weighted by molar-refractivity contribution is 7.88. The van der Waals surface area contributed by atoms with E-state index in [1.807, 2.05) is 24.3 Å². The lowest BCUT2D eigenvalue weighted by atomic mass is 10.1. The van der Waals surface area contributed by atoms with Gasteiger partial charge < -0.3 is 4.74 Å². The number of halogens is 1. The van der Waals surface area contributed by atoms with Gasteiger partial charge in [0.1, 0.15) is 5.82 Å². The molecule has 0 amide bonds. The highest BCUT2D eigenvalue weighted by atomic mass is 32.2. The van der Waals surface area contributed by atoms with Crippen molar-refractivity contribution in [3.05, 3.63) is 70.5 Å². The predicted molar refractivity (Wildman–Crippen MR) is 130 cm³/mol. The van der Waals surface area contributed by atoms with Gasteiger partial charge in [0.2, 0.25) is 20.9 Å². The zero-order valence-corrected chi connectivity index (χ0v) is 21.4. The highest BCUT2D eigenvalue weighted by Crippen LogP contribution is 2.16. The summed E-state index contributed by atoms with van der Waals surface area (Å²) in [5.41, 5.74) is 2.22. The minimum atomic E-state index is -3.18. The predicted octanol–water partition coefficient (Wildman–Crippen LogP) is 1.26. The quantitative estimate of drug-likeness (QED) is 0.367. The van der Waals surface area contributed by atoms with E-state index in [4.69, 9.17) is 0 Å². The maximum atomic E-state index is 14.4. The molecular formula is C23H30FN3O6S2. The molecule has 0 radical (unpaired) electrons. The van der Waals surface area contributed by atoms with Crippen LogP contribution in [-0.2, 0) is 45.2 Å². The lowest BCUT2D eigenvalue weighted by Gasteiger charge is -2.33. The molecule has 9 nitrogen and oxygen atoms in total. The molecule has 1 saturated heterocycles. The molecule has 2 aromatic carbocycles. The maximum absolute atomic E-state index is 14.4. The molecular weight excluding hydrogens is 497 g/mol. The molecule has 0 aliphatic carbocycles.